The van der Waals surface area contributed by atoms with E-state index in [1.807, 2.05) is 6.07 Å². The Kier molecular flexibility index (Phi) is 3.34. The molecule has 18 heavy (non-hydrogen) atoms. The average molecular weight is 241 g/mol. The Morgan fingerprint density at radius 3 is 2.28 bits per heavy atom. The molecule has 0 aromatic heterocycles. The van der Waals surface area contributed by atoms with Crippen molar-refractivity contribution in [3.8, 4) is 0 Å². The molecule has 1 atom stereocenters. The zero-order valence-electron chi connectivity index (χ0n) is 11.8. The van der Waals surface area contributed by atoms with E-state index in [1.54, 1.807) is 0 Å². The molecule has 0 aliphatic heterocycles. The summed E-state index contributed by atoms with van der Waals surface area (Å²) in [6.07, 6.45) is 7.94. The number of rotatable bonds is 2. The van der Waals surface area contributed by atoms with Gasteiger partial charge < -0.3 is 5.32 Å². The molecule has 0 bridgehead atoms. The molecule has 0 saturated heterocycles. The van der Waals surface area contributed by atoms with Gasteiger partial charge in [-0.05, 0) is 35.5 Å². The number of hydrogen-bond acceptors (Lipinski definition) is 1. The van der Waals surface area contributed by atoms with Crippen molar-refractivity contribution in [1.82, 2.24) is 0 Å². The third kappa shape index (κ3) is 2.66. The summed E-state index contributed by atoms with van der Waals surface area (Å²) in [4.78, 5) is 0. The second-order valence-electron chi connectivity index (χ2n) is 6.36. The van der Waals surface area contributed by atoms with Crippen molar-refractivity contribution < 1.29 is 0 Å². The molecule has 1 aromatic rings. The molecule has 2 rings (SSSR count). The number of hydrogen-bond donors (Lipinski definition) is 1. The highest BCUT2D eigenvalue weighted by Gasteiger charge is 2.35. The van der Waals surface area contributed by atoms with E-state index in [2.05, 4.69) is 75.5 Å². The number of para-hydroxylation sites is 1. The minimum atomic E-state index is 0.245. The van der Waals surface area contributed by atoms with Crippen LogP contribution in [0.3, 0.4) is 0 Å². The van der Waals surface area contributed by atoms with Gasteiger partial charge in [0.1, 0.15) is 0 Å². The molecular weight excluding hydrogens is 218 g/mol. The highest BCUT2D eigenvalue weighted by atomic mass is 14.9. The zero-order valence-corrected chi connectivity index (χ0v) is 11.8. The lowest BCUT2D eigenvalue weighted by Gasteiger charge is -2.41. The first-order valence-corrected chi connectivity index (χ1v) is 6.62. The smallest absolute Gasteiger partial charge is 0.0384 e. The van der Waals surface area contributed by atoms with E-state index in [9.17, 15) is 0 Å². The van der Waals surface area contributed by atoms with Crippen molar-refractivity contribution in [2.45, 2.75) is 34.1 Å². The van der Waals surface area contributed by atoms with Crippen LogP contribution in [-0.4, -0.2) is 0 Å². The van der Waals surface area contributed by atoms with Crippen molar-refractivity contribution in [2.24, 2.45) is 10.8 Å². The molecule has 1 nitrogen and oxygen atoms in total. The quantitative estimate of drug-likeness (QED) is 0.768. The minimum Gasteiger partial charge on any atom is -0.356 e. The summed E-state index contributed by atoms with van der Waals surface area (Å²) >= 11 is 0. The molecule has 0 radical (unpaired) electrons. The van der Waals surface area contributed by atoms with Crippen LogP contribution in [0.2, 0.25) is 0 Å². The van der Waals surface area contributed by atoms with Crippen LogP contribution in [-0.2, 0) is 0 Å². The number of allylic oxidation sites excluding steroid dienone is 3. The first-order chi connectivity index (χ1) is 8.41. The molecule has 1 aliphatic carbocycles. The van der Waals surface area contributed by atoms with Gasteiger partial charge in [-0.2, -0.15) is 0 Å². The van der Waals surface area contributed by atoms with Gasteiger partial charge in [0, 0.05) is 11.4 Å². The molecule has 1 heteroatoms. The molecule has 0 amide bonds. The fraction of sp³-hybridized carbons (Fsp3) is 0.412. The van der Waals surface area contributed by atoms with E-state index < -0.39 is 0 Å². The molecule has 0 saturated carbocycles. The lowest BCUT2D eigenvalue weighted by molar-refractivity contribution is 0.170. The van der Waals surface area contributed by atoms with Crippen LogP contribution in [0.1, 0.15) is 34.1 Å². The molecule has 0 fully saturated rings. The fourth-order valence-corrected chi connectivity index (χ4v) is 2.07. The molecule has 1 aromatic carbocycles. The lowest BCUT2D eigenvalue weighted by atomic mass is 9.64. The van der Waals surface area contributed by atoms with Crippen LogP contribution < -0.4 is 5.32 Å². The van der Waals surface area contributed by atoms with Gasteiger partial charge in [0.2, 0.25) is 0 Å². The third-order valence-electron chi connectivity index (χ3n) is 4.15. The van der Waals surface area contributed by atoms with Gasteiger partial charge in [-0.1, -0.05) is 58.0 Å². The summed E-state index contributed by atoms with van der Waals surface area (Å²) in [5.41, 5.74) is 2.88. The summed E-state index contributed by atoms with van der Waals surface area (Å²) in [7, 11) is 0. The molecule has 1 aliphatic rings. The van der Waals surface area contributed by atoms with Crippen LogP contribution in [0.5, 0.6) is 0 Å². The van der Waals surface area contributed by atoms with Gasteiger partial charge in [0.25, 0.3) is 0 Å². The van der Waals surface area contributed by atoms with Gasteiger partial charge >= 0.3 is 0 Å². The molecule has 1 unspecified atom stereocenters. The minimum absolute atomic E-state index is 0.245. The van der Waals surface area contributed by atoms with Crippen LogP contribution in [0.25, 0.3) is 0 Å². The highest BCUT2D eigenvalue weighted by molar-refractivity contribution is 5.51. The Morgan fingerprint density at radius 1 is 1.11 bits per heavy atom. The Labute approximate surface area is 111 Å². The Morgan fingerprint density at radius 2 is 1.78 bits per heavy atom. The maximum Gasteiger partial charge on any atom is 0.0384 e. The number of nitrogens with one attached hydrogen (secondary N) is 1. The SMILES string of the molecule is CC(C)(C)C1(C)C=CC(Nc2ccccc2)=CC1. The second-order valence-corrected chi connectivity index (χ2v) is 6.36. The number of anilines is 1. The average Bonchev–Trinajstić information content (AvgIpc) is 2.32. The Bertz CT molecular complexity index is 462. The summed E-state index contributed by atoms with van der Waals surface area (Å²) in [5, 5.41) is 3.44. The predicted molar refractivity (Wildman–Crippen MR) is 79.5 cm³/mol. The molecule has 96 valence electrons. The summed E-state index contributed by atoms with van der Waals surface area (Å²) in [6, 6.07) is 10.3. The third-order valence-corrected chi connectivity index (χ3v) is 4.15. The van der Waals surface area contributed by atoms with Crippen molar-refractivity contribution in [2.75, 3.05) is 5.32 Å². The van der Waals surface area contributed by atoms with Gasteiger partial charge in [-0.3, -0.25) is 0 Å². The van der Waals surface area contributed by atoms with E-state index >= 15 is 0 Å². The first-order valence-electron chi connectivity index (χ1n) is 6.62. The van der Waals surface area contributed by atoms with E-state index in [-0.39, 0.29) is 10.8 Å². The van der Waals surface area contributed by atoms with E-state index in [0.29, 0.717) is 0 Å². The van der Waals surface area contributed by atoms with Gasteiger partial charge in [0.15, 0.2) is 0 Å². The van der Waals surface area contributed by atoms with Crippen molar-refractivity contribution in [3.63, 3.8) is 0 Å². The van der Waals surface area contributed by atoms with Crippen LogP contribution >= 0.6 is 0 Å². The van der Waals surface area contributed by atoms with Crippen molar-refractivity contribution >= 4 is 5.69 Å². The molecule has 0 heterocycles. The normalized spacial score (nSPS) is 23.7. The fourth-order valence-electron chi connectivity index (χ4n) is 2.07. The van der Waals surface area contributed by atoms with E-state index in [4.69, 9.17) is 0 Å². The topological polar surface area (TPSA) is 12.0 Å². The first kappa shape index (κ1) is 12.9. The Hall–Kier alpha value is -1.50. The molecule has 1 N–H and O–H groups in total. The van der Waals surface area contributed by atoms with Gasteiger partial charge in [-0.25, -0.2) is 0 Å². The second kappa shape index (κ2) is 4.64. The molecule has 0 spiro atoms. The predicted octanol–water partition coefficient (Wildman–Crippen LogP) is 4.99. The maximum atomic E-state index is 3.44. The summed E-state index contributed by atoms with van der Waals surface area (Å²) in [5.74, 6) is 0. The van der Waals surface area contributed by atoms with Crippen LogP contribution in [0.15, 0.2) is 54.3 Å². The monoisotopic (exact) mass is 241 g/mol. The van der Waals surface area contributed by atoms with Crippen LogP contribution in [0, 0.1) is 10.8 Å². The maximum absolute atomic E-state index is 3.44. The van der Waals surface area contributed by atoms with Crippen molar-refractivity contribution in [3.05, 3.63) is 54.3 Å². The number of benzene rings is 1. The van der Waals surface area contributed by atoms with Crippen molar-refractivity contribution in [1.29, 1.82) is 0 Å². The van der Waals surface area contributed by atoms with E-state index in [1.165, 1.54) is 5.70 Å². The van der Waals surface area contributed by atoms with Crippen LogP contribution in [0.4, 0.5) is 5.69 Å². The zero-order chi connectivity index (χ0) is 13.2. The largest absolute Gasteiger partial charge is 0.356 e. The lowest BCUT2D eigenvalue weighted by Crippen LogP contribution is -2.31. The van der Waals surface area contributed by atoms with E-state index in [0.717, 1.165) is 12.1 Å². The standard InChI is InChI=1S/C17H23N/c1-16(2,3)17(4)12-10-15(11-13-17)18-14-8-6-5-7-9-14/h5-12,18H,13H2,1-4H3. The summed E-state index contributed by atoms with van der Waals surface area (Å²) in [6.45, 7) is 9.25. The van der Waals surface area contributed by atoms with Gasteiger partial charge in [0.05, 0.1) is 0 Å². The molecular formula is C17H23N. The summed E-state index contributed by atoms with van der Waals surface area (Å²) < 4.78 is 0. The van der Waals surface area contributed by atoms with Gasteiger partial charge in [-0.15, -0.1) is 0 Å². The Balaban J connectivity index is 2.07. The highest BCUT2D eigenvalue weighted by Crippen LogP contribution is 2.45.